The van der Waals surface area contributed by atoms with Gasteiger partial charge in [-0.2, -0.15) is 13.2 Å². The van der Waals surface area contributed by atoms with Gasteiger partial charge in [-0.3, -0.25) is 0 Å². The number of nitrogens with one attached hydrogen (secondary N) is 1. The smallest absolute Gasteiger partial charge is 0.475 e. The molecule has 0 aromatic carbocycles. The van der Waals surface area contributed by atoms with Crippen LogP contribution in [-0.4, -0.2) is 27.2 Å². The Labute approximate surface area is 70.4 Å². The molecule has 0 saturated carbocycles. The number of carboxylic acid groups (broad SMARTS) is 1. The van der Waals surface area contributed by atoms with E-state index in [1.807, 2.05) is 0 Å². The highest BCUT2D eigenvalue weighted by atomic mass is 19.4. The lowest BCUT2D eigenvalue weighted by molar-refractivity contribution is -0.192. The van der Waals surface area contributed by atoms with E-state index in [4.69, 9.17) is 15.6 Å². The molecule has 0 atom stereocenters. The third-order valence-electron chi connectivity index (χ3n) is 0.762. The molecule has 0 aliphatic heterocycles. The lowest BCUT2D eigenvalue weighted by Gasteiger charge is -1.93. The molecule has 4 N–H and O–H groups in total. The molecule has 74 valence electrons. The van der Waals surface area contributed by atoms with Crippen LogP contribution in [0.15, 0.2) is 12.4 Å². The minimum atomic E-state index is -5.08. The van der Waals surface area contributed by atoms with Gasteiger partial charge in [-0.15, -0.1) is 0 Å². The maximum atomic E-state index is 10.6. The van der Waals surface area contributed by atoms with Crippen LogP contribution in [0.1, 0.15) is 0 Å². The normalized spacial score (nSPS) is 10.1. The van der Waals surface area contributed by atoms with Crippen molar-refractivity contribution < 1.29 is 23.1 Å². The van der Waals surface area contributed by atoms with Crippen molar-refractivity contribution in [3.8, 4) is 0 Å². The highest BCUT2D eigenvalue weighted by Gasteiger charge is 2.38. The Kier molecular flexibility index (Phi) is 3.76. The van der Waals surface area contributed by atoms with Crippen LogP contribution in [0.2, 0.25) is 0 Å². The first-order chi connectivity index (χ1) is 5.84. The highest BCUT2D eigenvalue weighted by molar-refractivity contribution is 5.73. The molecule has 0 bridgehead atoms. The number of rotatable bonds is 0. The molecule has 0 fully saturated rings. The van der Waals surface area contributed by atoms with E-state index in [0.717, 1.165) is 0 Å². The molecule has 1 heterocycles. The Morgan fingerprint density at radius 2 is 2.08 bits per heavy atom. The number of nitrogens with two attached hydrogens (primary N) is 1. The van der Waals surface area contributed by atoms with Gasteiger partial charge in [0.1, 0.15) is 0 Å². The lowest BCUT2D eigenvalue weighted by atomic mass is 10.7. The number of hydrogen-bond acceptors (Lipinski definition) is 3. The van der Waals surface area contributed by atoms with Crippen molar-refractivity contribution in [1.82, 2.24) is 9.97 Å². The molecular formula is C5H6F3N3O2. The van der Waals surface area contributed by atoms with Crippen molar-refractivity contribution in [3.63, 3.8) is 0 Å². The van der Waals surface area contributed by atoms with E-state index in [9.17, 15) is 13.2 Å². The number of aromatic nitrogens is 2. The van der Waals surface area contributed by atoms with Crippen molar-refractivity contribution in [1.29, 1.82) is 0 Å². The van der Waals surface area contributed by atoms with E-state index in [0.29, 0.717) is 5.95 Å². The summed E-state index contributed by atoms with van der Waals surface area (Å²) < 4.78 is 31.7. The summed E-state index contributed by atoms with van der Waals surface area (Å²) in [5, 5.41) is 7.12. The van der Waals surface area contributed by atoms with E-state index >= 15 is 0 Å². The largest absolute Gasteiger partial charge is 0.490 e. The maximum Gasteiger partial charge on any atom is 0.490 e. The number of carboxylic acids is 1. The number of H-pyrrole nitrogens is 1. The average Bonchev–Trinajstić information content (AvgIpc) is 2.38. The molecule has 0 saturated heterocycles. The fourth-order valence-corrected chi connectivity index (χ4v) is 0.277. The molecule has 8 heteroatoms. The number of nitrogen functional groups attached to an aromatic ring is 1. The van der Waals surface area contributed by atoms with E-state index in [1.165, 1.54) is 0 Å². The molecule has 0 radical (unpaired) electrons. The third kappa shape index (κ3) is 5.53. The summed E-state index contributed by atoms with van der Waals surface area (Å²) >= 11 is 0. The SMILES string of the molecule is Nc1ncc[nH]1.O=C(O)C(F)(F)F. The minimum absolute atomic E-state index is 0.468. The monoisotopic (exact) mass is 197 g/mol. The fraction of sp³-hybridized carbons (Fsp3) is 0.200. The molecule has 1 aromatic rings. The van der Waals surface area contributed by atoms with Gasteiger partial charge in [0, 0.05) is 12.4 Å². The van der Waals surface area contributed by atoms with Crippen LogP contribution in [-0.2, 0) is 4.79 Å². The zero-order valence-electron chi connectivity index (χ0n) is 6.17. The third-order valence-corrected chi connectivity index (χ3v) is 0.762. The number of carbonyl (C=O) groups is 1. The Morgan fingerprint density at radius 1 is 1.62 bits per heavy atom. The van der Waals surface area contributed by atoms with Gasteiger partial charge < -0.3 is 15.8 Å². The number of aromatic amines is 1. The molecule has 0 aliphatic carbocycles. The fourth-order valence-electron chi connectivity index (χ4n) is 0.277. The van der Waals surface area contributed by atoms with E-state index in [-0.39, 0.29) is 0 Å². The molecule has 5 nitrogen and oxygen atoms in total. The van der Waals surface area contributed by atoms with Gasteiger partial charge in [-0.05, 0) is 0 Å². The Morgan fingerprint density at radius 3 is 2.15 bits per heavy atom. The van der Waals surface area contributed by atoms with Gasteiger partial charge in [0.15, 0.2) is 5.95 Å². The molecule has 0 amide bonds. The second kappa shape index (κ2) is 4.33. The van der Waals surface area contributed by atoms with Crippen LogP contribution in [0.5, 0.6) is 0 Å². The molecule has 1 rings (SSSR count). The predicted molar refractivity (Wildman–Crippen MR) is 36.7 cm³/mol. The summed E-state index contributed by atoms with van der Waals surface area (Å²) in [5.41, 5.74) is 5.11. The summed E-state index contributed by atoms with van der Waals surface area (Å²) in [5.74, 6) is -2.29. The average molecular weight is 197 g/mol. The number of nitrogens with zero attached hydrogens (tertiary/aromatic N) is 1. The van der Waals surface area contributed by atoms with Crippen LogP contribution >= 0.6 is 0 Å². The molecule has 0 spiro atoms. The Bertz CT molecular complexity index is 256. The molecule has 0 aliphatic rings. The predicted octanol–water partition coefficient (Wildman–Crippen LogP) is 0.625. The summed E-state index contributed by atoms with van der Waals surface area (Å²) in [6.07, 6.45) is -1.80. The Balaban J connectivity index is 0.000000223. The first-order valence-electron chi connectivity index (χ1n) is 2.89. The summed E-state index contributed by atoms with van der Waals surface area (Å²) in [7, 11) is 0. The van der Waals surface area contributed by atoms with Gasteiger partial charge in [0.25, 0.3) is 0 Å². The van der Waals surface area contributed by atoms with E-state index in [1.54, 1.807) is 12.4 Å². The zero-order valence-corrected chi connectivity index (χ0v) is 6.17. The maximum absolute atomic E-state index is 10.6. The lowest BCUT2D eigenvalue weighted by Crippen LogP contribution is -2.21. The molecule has 1 aromatic heterocycles. The standard InChI is InChI=1S/C3H5N3.C2HF3O2/c4-3-5-1-2-6-3;3-2(4,5)1(6)7/h1-2H,(H3,4,5,6);(H,6,7). The van der Waals surface area contributed by atoms with Crippen LogP contribution < -0.4 is 5.73 Å². The summed E-state index contributed by atoms with van der Waals surface area (Å²) in [6.45, 7) is 0. The van der Waals surface area contributed by atoms with Crippen molar-refractivity contribution in [2.75, 3.05) is 5.73 Å². The first-order valence-corrected chi connectivity index (χ1v) is 2.89. The summed E-state index contributed by atoms with van der Waals surface area (Å²) in [6, 6.07) is 0. The number of aliphatic carboxylic acids is 1. The van der Waals surface area contributed by atoms with Crippen molar-refractivity contribution in [2.24, 2.45) is 0 Å². The van der Waals surface area contributed by atoms with Gasteiger partial charge in [-0.1, -0.05) is 0 Å². The number of imidazole rings is 1. The van der Waals surface area contributed by atoms with Crippen LogP contribution in [0.25, 0.3) is 0 Å². The number of halogens is 3. The number of anilines is 1. The van der Waals surface area contributed by atoms with Gasteiger partial charge in [0.05, 0.1) is 0 Å². The van der Waals surface area contributed by atoms with Crippen LogP contribution in [0.4, 0.5) is 19.1 Å². The second-order valence-electron chi connectivity index (χ2n) is 1.78. The zero-order chi connectivity index (χ0) is 10.5. The van der Waals surface area contributed by atoms with E-state index < -0.39 is 12.1 Å². The quantitative estimate of drug-likeness (QED) is 0.568. The molecule has 0 unspecified atom stereocenters. The van der Waals surface area contributed by atoms with Gasteiger partial charge >= 0.3 is 12.1 Å². The molecular weight excluding hydrogens is 191 g/mol. The van der Waals surface area contributed by atoms with Gasteiger partial charge in [0.2, 0.25) is 0 Å². The Hall–Kier alpha value is -1.73. The van der Waals surface area contributed by atoms with Crippen molar-refractivity contribution >= 4 is 11.9 Å². The van der Waals surface area contributed by atoms with Gasteiger partial charge in [-0.25, -0.2) is 9.78 Å². The summed E-state index contributed by atoms with van der Waals surface area (Å²) in [4.78, 5) is 15.2. The van der Waals surface area contributed by atoms with Crippen molar-refractivity contribution in [2.45, 2.75) is 6.18 Å². The van der Waals surface area contributed by atoms with Crippen LogP contribution in [0, 0.1) is 0 Å². The first kappa shape index (κ1) is 11.3. The topological polar surface area (TPSA) is 92.0 Å². The number of hydrogen-bond donors (Lipinski definition) is 3. The second-order valence-corrected chi connectivity index (χ2v) is 1.78. The number of alkyl halides is 3. The van der Waals surface area contributed by atoms with Crippen molar-refractivity contribution in [3.05, 3.63) is 12.4 Å². The highest BCUT2D eigenvalue weighted by Crippen LogP contribution is 2.13. The van der Waals surface area contributed by atoms with E-state index in [2.05, 4.69) is 9.97 Å². The van der Waals surface area contributed by atoms with Crippen LogP contribution in [0.3, 0.4) is 0 Å². The molecule has 13 heavy (non-hydrogen) atoms. The minimum Gasteiger partial charge on any atom is -0.475 e.